The zero-order valence-corrected chi connectivity index (χ0v) is 11.5. The molecule has 0 saturated heterocycles. The molecule has 1 heterocycles. The number of benzene rings is 1. The predicted molar refractivity (Wildman–Crippen MR) is 71.4 cm³/mol. The fraction of sp³-hybridized carbons (Fsp3) is 0.250. The molecule has 0 spiro atoms. The molecule has 0 N–H and O–H groups in total. The van der Waals surface area contributed by atoms with Gasteiger partial charge in [0, 0.05) is 16.2 Å². The molecule has 2 rings (SSSR count). The second-order valence-corrected chi connectivity index (χ2v) is 4.73. The summed E-state index contributed by atoms with van der Waals surface area (Å²) in [7, 11) is 0. The van der Waals surface area contributed by atoms with Crippen LogP contribution in [0.2, 0.25) is 0 Å². The molecule has 0 aliphatic carbocycles. The smallest absolute Gasteiger partial charge is 0.120 e. The van der Waals surface area contributed by atoms with E-state index in [2.05, 4.69) is 21.0 Å². The normalized spacial score (nSPS) is 10.5. The van der Waals surface area contributed by atoms with Gasteiger partial charge in [-0.3, -0.25) is 4.68 Å². The summed E-state index contributed by atoms with van der Waals surface area (Å²) >= 11 is 9.10. The maximum absolute atomic E-state index is 5.70. The van der Waals surface area contributed by atoms with Gasteiger partial charge in [0.2, 0.25) is 0 Å². The van der Waals surface area contributed by atoms with E-state index < -0.39 is 0 Å². The minimum Gasteiger partial charge on any atom is -0.492 e. The number of nitrogens with zero attached hydrogens (tertiary/aromatic N) is 2. The van der Waals surface area contributed by atoms with Crippen molar-refractivity contribution >= 4 is 27.5 Å². The summed E-state index contributed by atoms with van der Waals surface area (Å²) in [5.74, 6) is 1.34. The van der Waals surface area contributed by atoms with Gasteiger partial charge >= 0.3 is 0 Å². The molecule has 1 aromatic heterocycles. The number of ether oxygens (including phenoxy) is 1. The molecular formula is C12H12BrClN2O. The van der Waals surface area contributed by atoms with Crippen LogP contribution in [0.1, 0.15) is 5.56 Å². The number of rotatable bonds is 5. The van der Waals surface area contributed by atoms with Crippen LogP contribution in [0.4, 0.5) is 0 Å². The van der Waals surface area contributed by atoms with Crippen LogP contribution in [-0.4, -0.2) is 16.4 Å². The SMILES string of the molecule is ClCc1cnn(CCOc2cccc(Br)c2)c1. The zero-order valence-electron chi connectivity index (χ0n) is 9.14. The standard InChI is InChI=1S/C12H12BrClN2O/c13-11-2-1-3-12(6-11)17-5-4-16-9-10(7-14)8-15-16/h1-3,6,8-9H,4-5,7H2. The lowest BCUT2D eigenvalue weighted by atomic mass is 10.3. The monoisotopic (exact) mass is 314 g/mol. The van der Waals surface area contributed by atoms with Crippen molar-refractivity contribution in [2.75, 3.05) is 6.61 Å². The molecule has 0 aliphatic rings. The summed E-state index contributed by atoms with van der Waals surface area (Å²) in [6.07, 6.45) is 3.70. The largest absolute Gasteiger partial charge is 0.492 e. The molecule has 0 fully saturated rings. The van der Waals surface area contributed by atoms with E-state index in [0.29, 0.717) is 19.0 Å². The Morgan fingerprint density at radius 3 is 3.00 bits per heavy atom. The van der Waals surface area contributed by atoms with Crippen molar-refractivity contribution < 1.29 is 4.74 Å². The predicted octanol–water partition coefficient (Wildman–Crippen LogP) is 3.46. The van der Waals surface area contributed by atoms with Gasteiger partial charge in [-0.15, -0.1) is 11.6 Å². The molecule has 3 nitrogen and oxygen atoms in total. The minimum absolute atomic E-state index is 0.493. The number of hydrogen-bond donors (Lipinski definition) is 0. The lowest BCUT2D eigenvalue weighted by molar-refractivity contribution is 0.291. The zero-order chi connectivity index (χ0) is 12.1. The average Bonchev–Trinajstić information content (AvgIpc) is 2.77. The first-order valence-corrected chi connectivity index (χ1v) is 6.56. The van der Waals surface area contributed by atoms with Crippen LogP contribution in [-0.2, 0) is 12.4 Å². The van der Waals surface area contributed by atoms with Gasteiger partial charge in [-0.05, 0) is 18.2 Å². The second kappa shape index (κ2) is 6.07. The molecule has 5 heteroatoms. The quantitative estimate of drug-likeness (QED) is 0.790. The Morgan fingerprint density at radius 1 is 1.41 bits per heavy atom. The number of halogens is 2. The van der Waals surface area contributed by atoms with Crippen LogP contribution in [0.25, 0.3) is 0 Å². The Balaban J connectivity index is 1.83. The molecule has 0 aliphatic heterocycles. The number of hydrogen-bond acceptors (Lipinski definition) is 2. The highest BCUT2D eigenvalue weighted by atomic mass is 79.9. The van der Waals surface area contributed by atoms with E-state index in [4.69, 9.17) is 16.3 Å². The Bertz CT molecular complexity index is 487. The van der Waals surface area contributed by atoms with Gasteiger partial charge in [-0.2, -0.15) is 5.10 Å². The first-order chi connectivity index (χ1) is 8.28. The van der Waals surface area contributed by atoms with Crippen molar-refractivity contribution in [3.8, 4) is 5.75 Å². The van der Waals surface area contributed by atoms with E-state index in [1.54, 1.807) is 6.20 Å². The summed E-state index contributed by atoms with van der Waals surface area (Å²) in [6.45, 7) is 1.29. The summed E-state index contributed by atoms with van der Waals surface area (Å²) in [4.78, 5) is 0. The van der Waals surface area contributed by atoms with E-state index in [0.717, 1.165) is 15.8 Å². The Hall–Kier alpha value is -1.00. The van der Waals surface area contributed by atoms with Crippen molar-refractivity contribution in [3.63, 3.8) is 0 Å². The van der Waals surface area contributed by atoms with Crippen molar-refractivity contribution in [2.45, 2.75) is 12.4 Å². The molecule has 0 amide bonds. The van der Waals surface area contributed by atoms with Gasteiger partial charge in [0.25, 0.3) is 0 Å². The van der Waals surface area contributed by atoms with Crippen LogP contribution < -0.4 is 4.74 Å². The topological polar surface area (TPSA) is 27.1 Å². The van der Waals surface area contributed by atoms with E-state index >= 15 is 0 Å². The third-order valence-corrected chi connectivity index (χ3v) is 3.03. The van der Waals surface area contributed by atoms with Crippen LogP contribution in [0.15, 0.2) is 41.1 Å². The number of aromatic nitrogens is 2. The van der Waals surface area contributed by atoms with E-state index in [1.807, 2.05) is 35.1 Å². The molecule has 0 unspecified atom stereocenters. The van der Waals surface area contributed by atoms with Crippen LogP contribution >= 0.6 is 27.5 Å². The third-order valence-electron chi connectivity index (χ3n) is 2.23. The lowest BCUT2D eigenvalue weighted by Gasteiger charge is -2.06. The van der Waals surface area contributed by atoms with E-state index in [9.17, 15) is 0 Å². The van der Waals surface area contributed by atoms with Gasteiger partial charge in [0.05, 0.1) is 18.6 Å². The first kappa shape index (κ1) is 12.5. The molecular weight excluding hydrogens is 304 g/mol. The van der Waals surface area contributed by atoms with Gasteiger partial charge in [-0.25, -0.2) is 0 Å². The highest BCUT2D eigenvalue weighted by Gasteiger charge is 1.98. The Labute approximate surface area is 113 Å². The Morgan fingerprint density at radius 2 is 2.29 bits per heavy atom. The van der Waals surface area contributed by atoms with Crippen LogP contribution in [0, 0.1) is 0 Å². The molecule has 2 aromatic rings. The highest BCUT2D eigenvalue weighted by Crippen LogP contribution is 2.17. The average molecular weight is 316 g/mol. The van der Waals surface area contributed by atoms with Crippen molar-refractivity contribution in [1.29, 1.82) is 0 Å². The molecule has 0 atom stereocenters. The van der Waals surface area contributed by atoms with Gasteiger partial charge in [-0.1, -0.05) is 22.0 Å². The molecule has 17 heavy (non-hydrogen) atoms. The lowest BCUT2D eigenvalue weighted by Crippen LogP contribution is -2.08. The molecule has 0 bridgehead atoms. The van der Waals surface area contributed by atoms with Gasteiger partial charge < -0.3 is 4.74 Å². The van der Waals surface area contributed by atoms with Crippen molar-refractivity contribution in [2.24, 2.45) is 0 Å². The fourth-order valence-electron chi connectivity index (χ4n) is 1.41. The summed E-state index contributed by atoms with van der Waals surface area (Å²) < 4.78 is 8.45. The van der Waals surface area contributed by atoms with Crippen LogP contribution in [0.3, 0.4) is 0 Å². The molecule has 1 aromatic carbocycles. The maximum atomic E-state index is 5.70. The molecule has 0 saturated carbocycles. The fourth-order valence-corrected chi connectivity index (χ4v) is 1.93. The van der Waals surface area contributed by atoms with E-state index in [1.165, 1.54) is 0 Å². The van der Waals surface area contributed by atoms with Gasteiger partial charge in [0.1, 0.15) is 12.4 Å². The number of alkyl halides is 1. The first-order valence-electron chi connectivity index (χ1n) is 5.23. The van der Waals surface area contributed by atoms with Crippen molar-refractivity contribution in [1.82, 2.24) is 9.78 Å². The maximum Gasteiger partial charge on any atom is 0.120 e. The summed E-state index contributed by atoms with van der Waals surface area (Å²) in [5.41, 5.74) is 1.02. The highest BCUT2D eigenvalue weighted by molar-refractivity contribution is 9.10. The van der Waals surface area contributed by atoms with Crippen LogP contribution in [0.5, 0.6) is 5.75 Å². The summed E-state index contributed by atoms with van der Waals surface area (Å²) in [5, 5.41) is 4.18. The van der Waals surface area contributed by atoms with E-state index in [-0.39, 0.29) is 0 Å². The third kappa shape index (κ3) is 3.75. The Kier molecular flexibility index (Phi) is 4.45. The minimum atomic E-state index is 0.493. The molecule has 90 valence electrons. The van der Waals surface area contributed by atoms with Crippen molar-refractivity contribution in [3.05, 3.63) is 46.7 Å². The summed E-state index contributed by atoms with van der Waals surface area (Å²) in [6, 6.07) is 7.78. The molecule has 0 radical (unpaired) electrons. The van der Waals surface area contributed by atoms with Gasteiger partial charge in [0.15, 0.2) is 0 Å². The second-order valence-electron chi connectivity index (χ2n) is 3.55.